The molecule has 0 aliphatic carbocycles. The van der Waals surface area contributed by atoms with Crippen molar-refractivity contribution in [3.05, 3.63) is 16.1 Å². The van der Waals surface area contributed by atoms with Crippen LogP contribution >= 0.6 is 11.3 Å². The number of thiazole rings is 1. The van der Waals surface area contributed by atoms with Gasteiger partial charge < -0.3 is 19.9 Å². The third kappa shape index (κ3) is 5.44. The summed E-state index contributed by atoms with van der Waals surface area (Å²) in [6.45, 7) is 11.8. The van der Waals surface area contributed by atoms with Gasteiger partial charge in [-0.05, 0) is 19.8 Å². The molecule has 2 fully saturated rings. The number of carbonyl (C=O) groups excluding carboxylic acids is 1. The molecule has 28 heavy (non-hydrogen) atoms. The maximum atomic E-state index is 12.5. The molecule has 3 heterocycles. The van der Waals surface area contributed by atoms with Crippen molar-refractivity contribution in [3.8, 4) is 0 Å². The average Bonchev–Trinajstić information content (AvgIpc) is 3.39. The van der Waals surface area contributed by atoms with Crippen LogP contribution in [-0.4, -0.2) is 78.6 Å². The molecule has 0 spiro atoms. The number of amides is 1. The zero-order chi connectivity index (χ0) is 19.9. The van der Waals surface area contributed by atoms with Crippen LogP contribution in [0.4, 0.5) is 0 Å². The Morgan fingerprint density at radius 1 is 1.36 bits per heavy atom. The number of carbonyl (C=O) groups is 1. The van der Waals surface area contributed by atoms with Crippen molar-refractivity contribution in [1.82, 2.24) is 20.1 Å². The number of aromatic nitrogens is 1. The summed E-state index contributed by atoms with van der Waals surface area (Å²) in [5.41, 5.74) is 1.13. The summed E-state index contributed by atoms with van der Waals surface area (Å²) < 4.78 is 5.55. The molecule has 3 rings (SSSR count). The molecule has 2 aliphatic rings. The van der Waals surface area contributed by atoms with E-state index in [1.807, 2.05) is 4.90 Å². The summed E-state index contributed by atoms with van der Waals surface area (Å²) in [6.07, 6.45) is 2.49. The van der Waals surface area contributed by atoms with Crippen LogP contribution in [0.2, 0.25) is 0 Å². The van der Waals surface area contributed by atoms with Gasteiger partial charge in [-0.15, -0.1) is 11.3 Å². The fourth-order valence-corrected chi connectivity index (χ4v) is 4.39. The Morgan fingerprint density at radius 2 is 2.11 bits per heavy atom. The lowest BCUT2D eigenvalue weighted by molar-refractivity contribution is -0.142. The van der Waals surface area contributed by atoms with E-state index < -0.39 is 0 Å². The smallest absolute Gasteiger partial charge is 0.251 e. The normalized spacial score (nSPS) is 20.9. The highest BCUT2D eigenvalue weighted by atomic mass is 32.1. The SMILES string of the molecule is CCNC(=NCCc1csc(C(C)C)n1)N1CCN(C(=O)C2CCCO2)CC1. The predicted octanol–water partition coefficient (Wildman–Crippen LogP) is 2.10. The van der Waals surface area contributed by atoms with E-state index in [-0.39, 0.29) is 12.0 Å². The summed E-state index contributed by atoms with van der Waals surface area (Å²) in [5, 5.41) is 6.73. The lowest BCUT2D eigenvalue weighted by atomic mass is 10.2. The zero-order valence-corrected chi connectivity index (χ0v) is 18.1. The number of ether oxygens (including phenoxy) is 1. The zero-order valence-electron chi connectivity index (χ0n) is 17.3. The van der Waals surface area contributed by atoms with Crippen LogP contribution in [0.1, 0.15) is 50.2 Å². The first kappa shape index (κ1) is 21.0. The molecule has 0 radical (unpaired) electrons. The van der Waals surface area contributed by atoms with Crippen molar-refractivity contribution >= 4 is 23.2 Å². The van der Waals surface area contributed by atoms with E-state index in [9.17, 15) is 4.79 Å². The van der Waals surface area contributed by atoms with Crippen LogP contribution in [0.25, 0.3) is 0 Å². The monoisotopic (exact) mass is 407 g/mol. The van der Waals surface area contributed by atoms with Crippen molar-refractivity contribution < 1.29 is 9.53 Å². The van der Waals surface area contributed by atoms with E-state index in [4.69, 9.17) is 14.7 Å². The molecule has 156 valence electrons. The number of rotatable bonds is 6. The fraction of sp³-hybridized carbons (Fsp3) is 0.750. The Morgan fingerprint density at radius 3 is 2.71 bits per heavy atom. The third-order valence-corrected chi connectivity index (χ3v) is 6.32. The molecule has 2 aliphatic heterocycles. The summed E-state index contributed by atoms with van der Waals surface area (Å²) in [5.74, 6) is 1.57. The first-order valence-electron chi connectivity index (χ1n) is 10.5. The molecule has 8 heteroatoms. The molecule has 1 N–H and O–H groups in total. The van der Waals surface area contributed by atoms with E-state index in [0.717, 1.165) is 70.2 Å². The molecule has 1 atom stereocenters. The molecular weight excluding hydrogens is 374 g/mol. The maximum Gasteiger partial charge on any atom is 0.251 e. The minimum Gasteiger partial charge on any atom is -0.368 e. The highest BCUT2D eigenvalue weighted by Crippen LogP contribution is 2.19. The average molecular weight is 408 g/mol. The number of hydrogen-bond donors (Lipinski definition) is 1. The van der Waals surface area contributed by atoms with Crippen molar-refractivity contribution in [2.24, 2.45) is 4.99 Å². The number of aliphatic imine (C=N–C) groups is 1. The van der Waals surface area contributed by atoms with Gasteiger partial charge in [-0.25, -0.2) is 4.98 Å². The first-order chi connectivity index (χ1) is 13.6. The van der Waals surface area contributed by atoms with Crippen molar-refractivity contribution in [2.45, 2.75) is 52.1 Å². The van der Waals surface area contributed by atoms with Gasteiger partial charge in [0.1, 0.15) is 6.10 Å². The summed E-state index contributed by atoms with van der Waals surface area (Å²) in [4.78, 5) is 26.2. The number of guanidine groups is 1. The summed E-state index contributed by atoms with van der Waals surface area (Å²) in [6, 6.07) is 0. The minimum absolute atomic E-state index is 0.156. The van der Waals surface area contributed by atoms with Crippen LogP contribution in [0.3, 0.4) is 0 Å². The first-order valence-corrected chi connectivity index (χ1v) is 11.3. The van der Waals surface area contributed by atoms with Gasteiger partial charge in [0.25, 0.3) is 5.91 Å². The Hall–Kier alpha value is -1.67. The molecule has 7 nitrogen and oxygen atoms in total. The van der Waals surface area contributed by atoms with E-state index >= 15 is 0 Å². The standard InChI is InChI=1S/C20H33N5O2S/c1-4-21-20(22-8-7-16-14-28-18(23-16)15(2)3)25-11-9-24(10-12-25)19(26)17-6-5-13-27-17/h14-15,17H,4-13H2,1-3H3,(H,21,22). The van der Waals surface area contributed by atoms with Crippen LogP contribution in [-0.2, 0) is 16.0 Å². The topological polar surface area (TPSA) is 70.1 Å². The second-order valence-electron chi connectivity index (χ2n) is 7.63. The van der Waals surface area contributed by atoms with Gasteiger partial charge in [0, 0.05) is 63.6 Å². The van der Waals surface area contributed by atoms with Gasteiger partial charge in [0.2, 0.25) is 0 Å². The van der Waals surface area contributed by atoms with Crippen molar-refractivity contribution in [3.63, 3.8) is 0 Å². The molecule has 1 amide bonds. The van der Waals surface area contributed by atoms with Gasteiger partial charge in [-0.1, -0.05) is 13.8 Å². The molecular formula is C20H33N5O2S. The Balaban J connectivity index is 1.50. The van der Waals surface area contributed by atoms with Gasteiger partial charge in [0.15, 0.2) is 5.96 Å². The van der Waals surface area contributed by atoms with E-state index in [1.54, 1.807) is 11.3 Å². The highest BCUT2D eigenvalue weighted by molar-refractivity contribution is 7.09. The number of nitrogens with one attached hydrogen (secondary N) is 1. The van der Waals surface area contributed by atoms with Crippen LogP contribution in [0.15, 0.2) is 10.4 Å². The number of piperazine rings is 1. The van der Waals surface area contributed by atoms with E-state index in [2.05, 4.69) is 36.4 Å². The molecule has 1 unspecified atom stereocenters. The van der Waals surface area contributed by atoms with Gasteiger partial charge in [-0.3, -0.25) is 9.79 Å². The van der Waals surface area contributed by atoms with Gasteiger partial charge >= 0.3 is 0 Å². The molecule has 1 aromatic rings. The lowest BCUT2D eigenvalue weighted by Crippen LogP contribution is -2.55. The second-order valence-corrected chi connectivity index (χ2v) is 8.52. The summed E-state index contributed by atoms with van der Waals surface area (Å²) in [7, 11) is 0. The van der Waals surface area contributed by atoms with E-state index in [0.29, 0.717) is 12.5 Å². The van der Waals surface area contributed by atoms with Crippen molar-refractivity contribution in [1.29, 1.82) is 0 Å². The Labute approximate surface area is 172 Å². The van der Waals surface area contributed by atoms with Crippen molar-refractivity contribution in [2.75, 3.05) is 45.9 Å². The largest absolute Gasteiger partial charge is 0.368 e. The molecule has 1 aromatic heterocycles. The minimum atomic E-state index is -0.220. The van der Waals surface area contributed by atoms with E-state index in [1.165, 1.54) is 5.01 Å². The Kier molecular flexibility index (Phi) is 7.67. The van der Waals surface area contributed by atoms with Crippen LogP contribution in [0, 0.1) is 0 Å². The third-order valence-electron chi connectivity index (χ3n) is 5.12. The van der Waals surface area contributed by atoms with Crippen LogP contribution in [0.5, 0.6) is 0 Å². The number of hydrogen-bond acceptors (Lipinski definition) is 5. The highest BCUT2D eigenvalue weighted by Gasteiger charge is 2.30. The van der Waals surface area contributed by atoms with Gasteiger partial charge in [-0.2, -0.15) is 0 Å². The molecule has 0 aromatic carbocycles. The quantitative estimate of drug-likeness (QED) is 0.578. The lowest BCUT2D eigenvalue weighted by Gasteiger charge is -2.37. The second kappa shape index (κ2) is 10.2. The molecule has 0 bridgehead atoms. The van der Waals surface area contributed by atoms with Gasteiger partial charge in [0.05, 0.1) is 10.7 Å². The molecule has 2 saturated heterocycles. The number of nitrogens with zero attached hydrogens (tertiary/aromatic N) is 4. The maximum absolute atomic E-state index is 12.5. The Bertz CT molecular complexity index is 661. The van der Waals surface area contributed by atoms with Crippen LogP contribution < -0.4 is 5.32 Å². The fourth-order valence-electron chi connectivity index (χ4n) is 3.52. The molecule has 0 saturated carbocycles. The summed E-state index contributed by atoms with van der Waals surface area (Å²) >= 11 is 1.73. The predicted molar refractivity (Wildman–Crippen MR) is 113 cm³/mol.